The van der Waals surface area contributed by atoms with Crippen LogP contribution in [-0.2, 0) is 4.79 Å². The van der Waals surface area contributed by atoms with E-state index in [-0.39, 0.29) is 11.3 Å². The number of anilines is 1. The molecule has 0 saturated heterocycles. The molecule has 0 spiro atoms. The van der Waals surface area contributed by atoms with E-state index in [0.717, 1.165) is 24.1 Å². The summed E-state index contributed by atoms with van der Waals surface area (Å²) in [5.41, 5.74) is 9.00. The zero-order valence-corrected chi connectivity index (χ0v) is 23.1. The normalized spacial score (nSPS) is 18.5. The van der Waals surface area contributed by atoms with Gasteiger partial charge in [-0.25, -0.2) is 4.98 Å². The number of benzene rings is 1. The minimum Gasteiger partial charge on any atom is -0.323 e. The minimum atomic E-state index is -0.124. The van der Waals surface area contributed by atoms with Crippen LogP contribution >= 0.6 is 11.3 Å². The molecular weight excluding hydrogens is 448 g/mol. The molecule has 0 fully saturated rings. The topological polar surface area (TPSA) is 42.0 Å². The number of hydrogen-bond donors (Lipinski definition) is 1. The van der Waals surface area contributed by atoms with Crippen molar-refractivity contribution in [2.75, 3.05) is 5.32 Å². The van der Waals surface area contributed by atoms with Crippen LogP contribution < -0.4 is 5.32 Å². The maximum absolute atomic E-state index is 12.1. The van der Waals surface area contributed by atoms with Crippen molar-refractivity contribution in [1.82, 2.24) is 4.98 Å². The molecule has 3 rings (SSSR count). The first-order valence-corrected chi connectivity index (χ1v) is 13.4. The van der Waals surface area contributed by atoms with Crippen LogP contribution in [0.25, 0.3) is 0 Å². The van der Waals surface area contributed by atoms with Gasteiger partial charge in [-0.1, -0.05) is 87.4 Å². The summed E-state index contributed by atoms with van der Waals surface area (Å²) < 4.78 is 0. The lowest BCUT2D eigenvalue weighted by molar-refractivity contribution is -0.111. The quantitative estimate of drug-likeness (QED) is 0.312. The number of carbonyl (C=O) groups excluding carboxylic acids is 1. The fourth-order valence-corrected chi connectivity index (χ4v) is 4.88. The second-order valence-electron chi connectivity index (χ2n) is 9.33. The number of para-hydroxylation sites is 1. The summed E-state index contributed by atoms with van der Waals surface area (Å²) >= 11 is 1.67. The predicted octanol–water partition coefficient (Wildman–Crippen LogP) is 9.03. The van der Waals surface area contributed by atoms with Gasteiger partial charge in [0.15, 0.2) is 0 Å². The van der Waals surface area contributed by atoms with Crippen molar-refractivity contribution in [2.45, 2.75) is 67.2 Å². The van der Waals surface area contributed by atoms with E-state index in [2.05, 4.69) is 61.6 Å². The summed E-state index contributed by atoms with van der Waals surface area (Å²) in [6.45, 7) is 15.0. The molecule has 186 valence electrons. The number of allylic oxidation sites excluding steroid dienone is 9. The van der Waals surface area contributed by atoms with E-state index in [0.29, 0.717) is 5.92 Å². The van der Waals surface area contributed by atoms with Crippen LogP contribution in [0.2, 0.25) is 0 Å². The number of aromatic nitrogens is 1. The zero-order valence-electron chi connectivity index (χ0n) is 22.3. The number of rotatable bonds is 7. The summed E-state index contributed by atoms with van der Waals surface area (Å²) in [5.74, 6) is 0.295. The van der Waals surface area contributed by atoms with Crippen molar-refractivity contribution in [3.63, 3.8) is 0 Å². The molecule has 1 amide bonds. The Morgan fingerprint density at radius 1 is 1.11 bits per heavy atom. The SMILES string of the molecule is CC.CC1=C(/C=C/C(C)=C/C=C/C(C)=C\C(=O)Nc2ccccc2)C(C)(C)CCC1c1cscn1. The molecule has 3 nitrogen and oxygen atoms in total. The second kappa shape index (κ2) is 13.8. The number of hydrogen-bond acceptors (Lipinski definition) is 3. The van der Waals surface area contributed by atoms with Crippen LogP contribution in [0.15, 0.2) is 100.0 Å². The highest BCUT2D eigenvalue weighted by Gasteiger charge is 2.33. The molecule has 1 N–H and O–H groups in total. The van der Waals surface area contributed by atoms with E-state index in [9.17, 15) is 4.79 Å². The predicted molar refractivity (Wildman–Crippen MR) is 153 cm³/mol. The van der Waals surface area contributed by atoms with Crippen LogP contribution in [0.4, 0.5) is 5.69 Å². The van der Waals surface area contributed by atoms with Crippen molar-refractivity contribution in [1.29, 1.82) is 0 Å². The van der Waals surface area contributed by atoms with E-state index >= 15 is 0 Å². The maximum atomic E-state index is 12.1. The van der Waals surface area contributed by atoms with Crippen LogP contribution in [0.1, 0.15) is 72.9 Å². The highest BCUT2D eigenvalue weighted by atomic mass is 32.1. The van der Waals surface area contributed by atoms with E-state index in [1.54, 1.807) is 17.4 Å². The number of carbonyl (C=O) groups is 1. The third-order valence-electron chi connectivity index (χ3n) is 6.17. The summed E-state index contributed by atoms with van der Waals surface area (Å²) in [7, 11) is 0. The van der Waals surface area contributed by atoms with E-state index in [1.165, 1.54) is 22.4 Å². The average Bonchev–Trinajstić information content (AvgIpc) is 3.35. The van der Waals surface area contributed by atoms with Gasteiger partial charge in [-0.2, -0.15) is 0 Å². The van der Waals surface area contributed by atoms with Crippen LogP contribution in [0.5, 0.6) is 0 Å². The molecule has 0 bridgehead atoms. The highest BCUT2D eigenvalue weighted by Crippen LogP contribution is 2.47. The Morgan fingerprint density at radius 3 is 2.49 bits per heavy atom. The lowest BCUT2D eigenvalue weighted by atomic mass is 9.68. The first-order valence-electron chi connectivity index (χ1n) is 12.4. The molecule has 0 aliphatic heterocycles. The van der Waals surface area contributed by atoms with Crippen molar-refractivity contribution < 1.29 is 4.79 Å². The molecule has 2 aromatic rings. The Kier molecular flexibility index (Phi) is 11.1. The third-order valence-corrected chi connectivity index (χ3v) is 6.78. The summed E-state index contributed by atoms with van der Waals surface area (Å²) in [6.07, 6.45) is 14.4. The molecule has 0 saturated carbocycles. The second-order valence-corrected chi connectivity index (χ2v) is 10.1. The largest absolute Gasteiger partial charge is 0.323 e. The fourth-order valence-electron chi connectivity index (χ4n) is 4.28. The molecule has 1 unspecified atom stereocenters. The standard InChI is InChI=1S/C29H34N2OS.C2H6/c1-21(10-9-11-22(2)18-28(32)31-24-12-7-6-8-13-24)14-15-26-23(3)25(16-17-29(26,4)5)27-19-33-20-30-27;1-2/h6-15,18-20,25H,16-17H2,1-5H3,(H,31,32);1-2H3/b11-9+,15-14+,21-10+,22-18-;. The Morgan fingerprint density at radius 2 is 1.83 bits per heavy atom. The van der Waals surface area contributed by atoms with Crippen molar-refractivity contribution >= 4 is 22.9 Å². The fraction of sp³-hybridized carbons (Fsp3) is 0.355. The van der Waals surface area contributed by atoms with E-state index < -0.39 is 0 Å². The van der Waals surface area contributed by atoms with Gasteiger partial charge in [0.25, 0.3) is 0 Å². The minimum absolute atomic E-state index is 0.124. The van der Waals surface area contributed by atoms with Gasteiger partial charge in [0.05, 0.1) is 11.2 Å². The molecule has 1 aromatic heterocycles. The molecule has 1 aromatic carbocycles. The van der Waals surface area contributed by atoms with Gasteiger partial charge in [-0.3, -0.25) is 4.79 Å². The molecule has 0 radical (unpaired) electrons. The van der Waals surface area contributed by atoms with Crippen molar-refractivity contribution in [3.05, 3.63) is 106 Å². The van der Waals surface area contributed by atoms with Gasteiger partial charge < -0.3 is 5.32 Å². The molecular formula is C31H40N2OS. The lowest BCUT2D eigenvalue weighted by Gasteiger charge is -2.37. The van der Waals surface area contributed by atoms with Gasteiger partial charge in [-0.15, -0.1) is 11.3 Å². The van der Waals surface area contributed by atoms with Gasteiger partial charge in [-0.05, 0) is 62.3 Å². The van der Waals surface area contributed by atoms with Crippen molar-refractivity contribution in [2.24, 2.45) is 5.41 Å². The van der Waals surface area contributed by atoms with Gasteiger partial charge in [0.2, 0.25) is 5.91 Å². The van der Waals surface area contributed by atoms with E-state index in [1.807, 2.05) is 68.8 Å². The molecule has 4 heteroatoms. The number of amides is 1. The van der Waals surface area contributed by atoms with Crippen LogP contribution in [0.3, 0.4) is 0 Å². The Bertz CT molecular complexity index is 1100. The molecule has 35 heavy (non-hydrogen) atoms. The first-order chi connectivity index (χ1) is 16.8. The zero-order chi connectivity index (χ0) is 25.8. The monoisotopic (exact) mass is 488 g/mol. The maximum Gasteiger partial charge on any atom is 0.248 e. The molecule has 1 aliphatic carbocycles. The molecule has 1 heterocycles. The van der Waals surface area contributed by atoms with Crippen molar-refractivity contribution in [3.8, 4) is 0 Å². The van der Waals surface area contributed by atoms with Crippen LogP contribution in [0, 0.1) is 5.41 Å². The van der Waals surface area contributed by atoms with Gasteiger partial charge in [0.1, 0.15) is 0 Å². The third kappa shape index (κ3) is 8.63. The highest BCUT2D eigenvalue weighted by molar-refractivity contribution is 7.07. The summed E-state index contributed by atoms with van der Waals surface area (Å²) in [4.78, 5) is 16.7. The summed E-state index contributed by atoms with van der Waals surface area (Å²) in [6, 6.07) is 9.48. The smallest absolute Gasteiger partial charge is 0.248 e. The summed E-state index contributed by atoms with van der Waals surface area (Å²) in [5, 5.41) is 5.05. The Hall–Kier alpha value is -2.98. The van der Waals surface area contributed by atoms with Gasteiger partial charge >= 0.3 is 0 Å². The van der Waals surface area contributed by atoms with E-state index in [4.69, 9.17) is 0 Å². The number of thiazole rings is 1. The lowest BCUT2D eigenvalue weighted by Crippen LogP contribution is -2.23. The first kappa shape index (κ1) is 28.3. The Labute approximate surface area is 216 Å². The van der Waals surface area contributed by atoms with Crippen LogP contribution in [-0.4, -0.2) is 10.9 Å². The number of nitrogens with one attached hydrogen (secondary N) is 1. The Balaban J connectivity index is 0.00000210. The molecule has 1 aliphatic rings. The molecule has 1 atom stereocenters. The van der Waals surface area contributed by atoms with Gasteiger partial charge in [0, 0.05) is 23.1 Å². The average molecular weight is 489 g/mol. The number of nitrogens with zero attached hydrogens (tertiary/aromatic N) is 1.